The Bertz CT molecular complexity index is 240. The van der Waals surface area contributed by atoms with E-state index in [9.17, 15) is 0 Å². The minimum absolute atomic E-state index is 1.26. The predicted molar refractivity (Wildman–Crippen MR) is 59.1 cm³/mol. The van der Waals surface area contributed by atoms with Gasteiger partial charge in [0.25, 0.3) is 0 Å². The molecule has 0 heterocycles. The van der Waals surface area contributed by atoms with E-state index in [1.165, 1.54) is 36.8 Å². The van der Waals surface area contributed by atoms with Gasteiger partial charge in [0.2, 0.25) is 0 Å². The van der Waals surface area contributed by atoms with Crippen LogP contribution in [0.3, 0.4) is 0 Å². The molecule has 0 aliphatic rings. The highest BCUT2D eigenvalue weighted by Gasteiger charge is 2.00. The second-order valence-corrected chi connectivity index (χ2v) is 3.83. The van der Waals surface area contributed by atoms with Gasteiger partial charge < -0.3 is 0 Å². The minimum atomic E-state index is 1.26. The van der Waals surface area contributed by atoms with Crippen molar-refractivity contribution in [2.75, 3.05) is 0 Å². The van der Waals surface area contributed by atoms with E-state index in [4.69, 9.17) is 0 Å². The molecule has 0 saturated carbocycles. The molecule has 13 heavy (non-hydrogen) atoms. The van der Waals surface area contributed by atoms with E-state index in [-0.39, 0.29) is 0 Å². The molecule has 0 fully saturated rings. The van der Waals surface area contributed by atoms with Gasteiger partial charge in [-0.1, -0.05) is 38.0 Å². The summed E-state index contributed by atoms with van der Waals surface area (Å²) in [6, 6.07) is 6.58. The molecule has 0 N–H and O–H groups in total. The molecule has 0 amide bonds. The zero-order chi connectivity index (χ0) is 9.68. The van der Waals surface area contributed by atoms with Crippen LogP contribution in [-0.2, 0) is 6.42 Å². The third-order valence-electron chi connectivity index (χ3n) is 2.67. The van der Waals surface area contributed by atoms with Gasteiger partial charge >= 0.3 is 0 Å². The van der Waals surface area contributed by atoms with E-state index in [1.807, 2.05) is 0 Å². The first-order valence-electron chi connectivity index (χ1n) is 5.30. The topological polar surface area (TPSA) is 0 Å². The summed E-state index contributed by atoms with van der Waals surface area (Å²) in [7, 11) is 0. The van der Waals surface area contributed by atoms with Crippen molar-refractivity contribution < 1.29 is 0 Å². The van der Waals surface area contributed by atoms with Crippen LogP contribution in [0.25, 0.3) is 0 Å². The maximum absolute atomic E-state index is 2.25. The largest absolute Gasteiger partial charge is 0.0654 e. The Hall–Kier alpha value is -0.780. The summed E-state index contributed by atoms with van der Waals surface area (Å²) in [5, 5.41) is 0. The van der Waals surface area contributed by atoms with Gasteiger partial charge in [-0.2, -0.15) is 0 Å². The second-order valence-electron chi connectivity index (χ2n) is 3.83. The zero-order valence-electron chi connectivity index (χ0n) is 9.06. The Labute approximate surface area is 82.0 Å². The summed E-state index contributed by atoms with van der Waals surface area (Å²) in [6.45, 7) is 6.69. The van der Waals surface area contributed by atoms with Gasteiger partial charge in [-0.3, -0.25) is 0 Å². The molecule has 0 nitrogen and oxygen atoms in total. The van der Waals surface area contributed by atoms with Gasteiger partial charge in [-0.25, -0.2) is 0 Å². The lowest BCUT2D eigenvalue weighted by atomic mass is 9.98. The van der Waals surface area contributed by atoms with Crippen molar-refractivity contribution in [1.82, 2.24) is 0 Å². The summed E-state index contributed by atoms with van der Waals surface area (Å²) < 4.78 is 0. The van der Waals surface area contributed by atoms with Crippen molar-refractivity contribution in [3.63, 3.8) is 0 Å². The Morgan fingerprint density at radius 2 is 1.62 bits per heavy atom. The molecule has 72 valence electrons. The maximum Gasteiger partial charge on any atom is -0.0274 e. The lowest BCUT2D eigenvalue weighted by Crippen LogP contribution is -1.93. The first-order valence-corrected chi connectivity index (χ1v) is 5.30. The Morgan fingerprint density at radius 3 is 2.15 bits per heavy atom. The molecule has 0 unspecified atom stereocenters. The molecule has 0 radical (unpaired) electrons. The Kier molecular flexibility index (Phi) is 4.01. The highest BCUT2D eigenvalue weighted by atomic mass is 14.1. The third kappa shape index (κ3) is 2.87. The van der Waals surface area contributed by atoms with Crippen LogP contribution in [0.15, 0.2) is 18.2 Å². The second kappa shape index (κ2) is 5.06. The van der Waals surface area contributed by atoms with E-state index in [2.05, 4.69) is 39.0 Å². The van der Waals surface area contributed by atoms with Crippen LogP contribution < -0.4 is 0 Å². The number of aryl methyl sites for hydroxylation is 2. The Balaban J connectivity index is 2.64. The molecule has 1 aromatic carbocycles. The molecule has 0 spiro atoms. The van der Waals surface area contributed by atoms with E-state index in [0.717, 1.165) is 0 Å². The molecule has 0 atom stereocenters. The molecule has 1 rings (SSSR count). The molecule has 1 aromatic rings. The summed E-state index contributed by atoms with van der Waals surface area (Å²) in [5.74, 6) is 0. The molecule has 0 aromatic heterocycles. The zero-order valence-corrected chi connectivity index (χ0v) is 9.06. The van der Waals surface area contributed by atoms with E-state index in [0.29, 0.717) is 0 Å². The molecule has 0 saturated heterocycles. The van der Waals surface area contributed by atoms with Crippen molar-refractivity contribution in [3.05, 3.63) is 34.9 Å². The van der Waals surface area contributed by atoms with Crippen LogP contribution >= 0.6 is 0 Å². The van der Waals surface area contributed by atoms with Crippen LogP contribution in [-0.4, -0.2) is 0 Å². The van der Waals surface area contributed by atoms with Crippen molar-refractivity contribution in [2.45, 2.75) is 46.5 Å². The summed E-state index contributed by atoms with van der Waals surface area (Å²) >= 11 is 0. The monoisotopic (exact) mass is 176 g/mol. The summed E-state index contributed by atoms with van der Waals surface area (Å²) in [4.78, 5) is 0. The van der Waals surface area contributed by atoms with Crippen LogP contribution in [0.2, 0.25) is 0 Å². The molecule has 0 bridgehead atoms. The van der Waals surface area contributed by atoms with E-state index in [1.54, 1.807) is 5.56 Å². The van der Waals surface area contributed by atoms with Crippen molar-refractivity contribution in [1.29, 1.82) is 0 Å². The van der Waals surface area contributed by atoms with Gasteiger partial charge in [-0.05, 0) is 43.4 Å². The normalized spacial score (nSPS) is 10.4. The van der Waals surface area contributed by atoms with Crippen LogP contribution in [0.1, 0.15) is 42.9 Å². The van der Waals surface area contributed by atoms with Crippen molar-refractivity contribution in [2.24, 2.45) is 0 Å². The predicted octanol–water partition coefficient (Wildman–Crippen LogP) is 4.04. The van der Waals surface area contributed by atoms with E-state index >= 15 is 0 Å². The van der Waals surface area contributed by atoms with Crippen LogP contribution in [0.5, 0.6) is 0 Å². The quantitative estimate of drug-likeness (QED) is 0.607. The fourth-order valence-electron chi connectivity index (χ4n) is 1.80. The number of hydrogen-bond acceptors (Lipinski definition) is 0. The fourth-order valence-corrected chi connectivity index (χ4v) is 1.80. The first-order chi connectivity index (χ1) is 6.25. The summed E-state index contributed by atoms with van der Waals surface area (Å²) in [5.41, 5.74) is 4.48. The van der Waals surface area contributed by atoms with Gasteiger partial charge in [0.15, 0.2) is 0 Å². The van der Waals surface area contributed by atoms with E-state index < -0.39 is 0 Å². The SMILES string of the molecule is CCCCCc1c(C)cccc1C. The highest BCUT2D eigenvalue weighted by molar-refractivity contribution is 5.33. The van der Waals surface area contributed by atoms with Crippen LogP contribution in [0.4, 0.5) is 0 Å². The lowest BCUT2D eigenvalue weighted by Gasteiger charge is -2.08. The Morgan fingerprint density at radius 1 is 1.00 bits per heavy atom. The van der Waals surface area contributed by atoms with Crippen LogP contribution in [0, 0.1) is 13.8 Å². The molecule has 0 aliphatic heterocycles. The van der Waals surface area contributed by atoms with Gasteiger partial charge in [0.1, 0.15) is 0 Å². The standard InChI is InChI=1S/C13H20/c1-4-5-6-10-13-11(2)8-7-9-12(13)3/h7-9H,4-6,10H2,1-3H3. The molecular weight excluding hydrogens is 156 g/mol. The fraction of sp³-hybridized carbons (Fsp3) is 0.538. The van der Waals surface area contributed by atoms with Gasteiger partial charge in [0, 0.05) is 0 Å². The van der Waals surface area contributed by atoms with Gasteiger partial charge in [-0.15, -0.1) is 0 Å². The minimum Gasteiger partial charge on any atom is -0.0654 e. The number of benzene rings is 1. The average Bonchev–Trinajstić information content (AvgIpc) is 2.10. The smallest absolute Gasteiger partial charge is 0.0274 e. The first kappa shape index (κ1) is 10.3. The van der Waals surface area contributed by atoms with Crippen molar-refractivity contribution >= 4 is 0 Å². The van der Waals surface area contributed by atoms with Gasteiger partial charge in [0.05, 0.1) is 0 Å². The summed E-state index contributed by atoms with van der Waals surface area (Å²) in [6.07, 6.45) is 5.26. The number of rotatable bonds is 4. The number of hydrogen-bond donors (Lipinski definition) is 0. The highest BCUT2D eigenvalue weighted by Crippen LogP contribution is 2.16. The average molecular weight is 176 g/mol. The molecular formula is C13H20. The maximum atomic E-state index is 2.25. The molecule has 0 heteroatoms. The molecule has 0 aliphatic carbocycles. The lowest BCUT2D eigenvalue weighted by molar-refractivity contribution is 0.713. The number of unbranched alkanes of at least 4 members (excludes halogenated alkanes) is 2. The van der Waals surface area contributed by atoms with Crippen molar-refractivity contribution in [3.8, 4) is 0 Å². The third-order valence-corrected chi connectivity index (χ3v) is 2.67.